The number of hydrogen-bond acceptors (Lipinski definition) is 1. The molecule has 6 aromatic rings. The molecule has 0 bridgehead atoms. The molecule has 0 aliphatic carbocycles. The molecule has 0 atom stereocenters. The smallest absolute Gasteiger partial charge is 0.0528 e. The number of nitrogens with zero attached hydrogens (tertiary/aromatic N) is 3. The highest BCUT2D eigenvalue weighted by Gasteiger charge is 2.21. The van der Waals surface area contributed by atoms with Crippen LogP contribution in [0.2, 0.25) is 0 Å². The molecule has 1 aliphatic heterocycles. The fraction of sp³-hybridized carbons (Fsp3) is 0.0667. The van der Waals surface area contributed by atoms with Gasteiger partial charge in [-0.1, -0.05) is 54.6 Å². The topological polar surface area (TPSA) is 13.1 Å². The maximum Gasteiger partial charge on any atom is 0.0528 e. The van der Waals surface area contributed by atoms with Gasteiger partial charge in [-0.25, -0.2) is 0 Å². The first kappa shape index (κ1) is 18.3. The van der Waals surface area contributed by atoms with E-state index in [0.717, 1.165) is 13.0 Å². The number of aromatic nitrogens is 2. The van der Waals surface area contributed by atoms with Crippen molar-refractivity contribution < 1.29 is 0 Å². The summed E-state index contributed by atoms with van der Waals surface area (Å²) in [7, 11) is 0. The van der Waals surface area contributed by atoms with Crippen LogP contribution in [0.4, 0.5) is 11.4 Å². The fourth-order valence-corrected chi connectivity index (χ4v) is 5.24. The molecule has 0 unspecified atom stereocenters. The summed E-state index contributed by atoms with van der Waals surface area (Å²) in [5.41, 5.74) is 8.75. The first-order valence-electron chi connectivity index (χ1n) is 11.5. The Labute approximate surface area is 192 Å². The van der Waals surface area contributed by atoms with Gasteiger partial charge in [0.2, 0.25) is 0 Å². The predicted molar refractivity (Wildman–Crippen MR) is 137 cm³/mol. The third-order valence-electron chi connectivity index (χ3n) is 6.84. The lowest BCUT2D eigenvalue weighted by atomic mass is 10.1. The van der Waals surface area contributed by atoms with E-state index in [1.54, 1.807) is 0 Å². The van der Waals surface area contributed by atoms with Crippen LogP contribution in [0.5, 0.6) is 0 Å². The summed E-state index contributed by atoms with van der Waals surface area (Å²) in [6.45, 7) is 1.00. The third kappa shape index (κ3) is 2.90. The van der Waals surface area contributed by atoms with E-state index in [4.69, 9.17) is 0 Å². The van der Waals surface area contributed by atoms with Crippen molar-refractivity contribution in [3.8, 4) is 11.4 Å². The Hall–Kier alpha value is -4.24. The van der Waals surface area contributed by atoms with E-state index in [0.29, 0.717) is 0 Å². The van der Waals surface area contributed by atoms with E-state index >= 15 is 0 Å². The van der Waals surface area contributed by atoms with Crippen molar-refractivity contribution in [2.24, 2.45) is 0 Å². The Morgan fingerprint density at radius 2 is 1.06 bits per heavy atom. The van der Waals surface area contributed by atoms with E-state index in [-0.39, 0.29) is 0 Å². The zero-order valence-corrected chi connectivity index (χ0v) is 18.2. The Balaban J connectivity index is 1.47. The minimum atomic E-state index is 1.00. The number of rotatable bonds is 3. The van der Waals surface area contributed by atoms with Crippen molar-refractivity contribution in [2.45, 2.75) is 6.42 Å². The minimum Gasteiger partial charge on any atom is -0.341 e. The van der Waals surface area contributed by atoms with Crippen LogP contribution in [0.3, 0.4) is 0 Å². The average Bonchev–Trinajstić information content (AvgIpc) is 3.60. The molecule has 0 fully saturated rings. The molecule has 158 valence electrons. The predicted octanol–water partition coefficient (Wildman–Crippen LogP) is 7.27. The van der Waals surface area contributed by atoms with Crippen LogP contribution in [0.15, 0.2) is 116 Å². The van der Waals surface area contributed by atoms with Crippen molar-refractivity contribution >= 4 is 33.2 Å². The standard InChI is InChI=1S/C30H23N3/c1-4-10-28-22(7-1)13-16-31(28)25-19-26(32-17-14-23-8-2-5-11-29(23)32)21-27(20-25)33-18-15-24-9-3-6-12-30(24)33/h1-14,16-17,19-21H,15,18H2. The first-order chi connectivity index (χ1) is 16.3. The number of anilines is 2. The van der Waals surface area contributed by atoms with Crippen LogP contribution >= 0.6 is 0 Å². The van der Waals surface area contributed by atoms with Gasteiger partial charge < -0.3 is 14.0 Å². The quantitative estimate of drug-likeness (QED) is 0.291. The minimum absolute atomic E-state index is 1.00. The molecule has 3 heterocycles. The van der Waals surface area contributed by atoms with Gasteiger partial charge in [0.1, 0.15) is 0 Å². The number of benzene rings is 4. The van der Waals surface area contributed by atoms with Gasteiger partial charge in [-0.2, -0.15) is 0 Å². The second-order valence-electron chi connectivity index (χ2n) is 8.73. The molecule has 0 saturated carbocycles. The first-order valence-corrected chi connectivity index (χ1v) is 11.5. The van der Waals surface area contributed by atoms with Gasteiger partial charge in [-0.3, -0.25) is 0 Å². The molecule has 0 radical (unpaired) electrons. The number of fused-ring (bicyclic) bond motifs is 3. The SMILES string of the molecule is c1ccc2c(c1)CCN2c1cc(-n2ccc3ccccc32)cc(-n2ccc3ccccc32)c1. The number of hydrogen-bond donors (Lipinski definition) is 0. The number of para-hydroxylation sites is 3. The van der Waals surface area contributed by atoms with Gasteiger partial charge in [0.05, 0.1) is 11.0 Å². The summed E-state index contributed by atoms with van der Waals surface area (Å²) < 4.78 is 4.60. The largest absolute Gasteiger partial charge is 0.341 e. The van der Waals surface area contributed by atoms with E-state index in [1.807, 2.05) is 0 Å². The van der Waals surface area contributed by atoms with Crippen molar-refractivity contribution in [3.63, 3.8) is 0 Å². The van der Waals surface area contributed by atoms with Crippen LogP contribution in [-0.4, -0.2) is 15.7 Å². The van der Waals surface area contributed by atoms with Crippen LogP contribution in [0, 0.1) is 0 Å². The molecule has 0 spiro atoms. The lowest BCUT2D eigenvalue weighted by Gasteiger charge is -2.22. The molecule has 0 saturated heterocycles. The molecule has 3 heteroatoms. The highest BCUT2D eigenvalue weighted by Crippen LogP contribution is 2.37. The normalized spacial score (nSPS) is 13.2. The summed E-state index contributed by atoms with van der Waals surface area (Å²) >= 11 is 0. The highest BCUT2D eigenvalue weighted by molar-refractivity contribution is 5.85. The molecule has 2 aromatic heterocycles. The van der Waals surface area contributed by atoms with Gasteiger partial charge in [0, 0.05) is 41.7 Å². The second kappa shape index (κ2) is 7.14. The van der Waals surface area contributed by atoms with Crippen molar-refractivity contribution in [2.75, 3.05) is 11.4 Å². The van der Waals surface area contributed by atoms with Gasteiger partial charge >= 0.3 is 0 Å². The molecular weight excluding hydrogens is 402 g/mol. The molecular formula is C30H23N3. The van der Waals surface area contributed by atoms with E-state index in [2.05, 4.69) is 130 Å². The van der Waals surface area contributed by atoms with Crippen LogP contribution < -0.4 is 4.90 Å². The second-order valence-corrected chi connectivity index (χ2v) is 8.73. The van der Waals surface area contributed by atoms with Crippen molar-refractivity contribution in [1.82, 2.24) is 9.13 Å². The zero-order chi connectivity index (χ0) is 21.8. The van der Waals surface area contributed by atoms with E-state index in [9.17, 15) is 0 Å². The molecule has 3 nitrogen and oxygen atoms in total. The van der Waals surface area contributed by atoms with Crippen molar-refractivity contribution in [1.29, 1.82) is 0 Å². The van der Waals surface area contributed by atoms with Gasteiger partial charge in [0.25, 0.3) is 0 Å². The van der Waals surface area contributed by atoms with E-state index in [1.165, 1.54) is 50.1 Å². The lowest BCUT2D eigenvalue weighted by molar-refractivity contribution is 0.990. The summed E-state index contributed by atoms with van der Waals surface area (Å²) in [5.74, 6) is 0. The van der Waals surface area contributed by atoms with Crippen molar-refractivity contribution in [3.05, 3.63) is 121 Å². The summed E-state index contributed by atoms with van der Waals surface area (Å²) in [5, 5.41) is 2.50. The Bertz CT molecular complexity index is 1540. The van der Waals surface area contributed by atoms with Gasteiger partial charge in [-0.05, 0) is 71.3 Å². The maximum atomic E-state index is 2.46. The summed E-state index contributed by atoms with van der Waals surface area (Å²) in [4.78, 5) is 2.46. The van der Waals surface area contributed by atoms with Gasteiger partial charge in [-0.15, -0.1) is 0 Å². The molecule has 0 amide bonds. The molecule has 0 N–H and O–H groups in total. The van der Waals surface area contributed by atoms with Crippen LogP contribution in [0.1, 0.15) is 5.56 Å². The Morgan fingerprint density at radius 3 is 1.73 bits per heavy atom. The van der Waals surface area contributed by atoms with Gasteiger partial charge in [0.15, 0.2) is 0 Å². The average molecular weight is 426 g/mol. The monoisotopic (exact) mass is 425 g/mol. The molecule has 1 aliphatic rings. The highest BCUT2D eigenvalue weighted by atomic mass is 15.2. The Morgan fingerprint density at radius 1 is 0.515 bits per heavy atom. The van der Waals surface area contributed by atoms with Crippen LogP contribution in [-0.2, 0) is 6.42 Å². The summed E-state index contributed by atoms with van der Waals surface area (Å²) in [6, 6.07) is 37.2. The molecule has 7 rings (SSSR count). The Kier molecular flexibility index (Phi) is 3.97. The molecule has 4 aromatic carbocycles. The van der Waals surface area contributed by atoms with E-state index < -0.39 is 0 Å². The third-order valence-corrected chi connectivity index (χ3v) is 6.84. The summed E-state index contributed by atoms with van der Waals surface area (Å²) in [6.07, 6.45) is 5.44. The fourth-order valence-electron chi connectivity index (χ4n) is 5.24. The van der Waals surface area contributed by atoms with Crippen LogP contribution in [0.25, 0.3) is 33.2 Å². The lowest BCUT2D eigenvalue weighted by Crippen LogP contribution is -2.14. The zero-order valence-electron chi connectivity index (χ0n) is 18.2. The molecule has 33 heavy (non-hydrogen) atoms. The maximum absolute atomic E-state index is 2.46.